The number of aliphatic hydroxyl groups is 2. The summed E-state index contributed by atoms with van der Waals surface area (Å²) in [6.45, 7) is 14.7. The van der Waals surface area contributed by atoms with Crippen LogP contribution < -0.4 is 18.9 Å². The Labute approximate surface area is 443 Å². The highest BCUT2D eigenvalue weighted by molar-refractivity contribution is 5.95. The Morgan fingerprint density at radius 3 is 1.86 bits per heavy atom. The standard InChI is InChI=1S/C53H62N18O6/c1-29(26-72)70-45-24-66(9)23-32(4)77-53-47(42-19-38-40(58-59-44(38)21-56-42)13-11-36(45)50(63-70)74-17-15-54)34(6)61-69(53)28-68-49-35(7)57-43-20-39(49)41(62-68)14-12-37-46(71(30(2)27-73)64-51(37)75-18-16-55)25-65(8)22-31(3)76-52-48(43)33(5)60-67(52)10/h11-14,19-21,29-32,72-73H,17-18,22-28H2,1-10H3,(H,58,59)/b13-11+,14-12+/t29-,30-,31-,32-/m0/s1. The second-order valence-electron chi connectivity index (χ2n) is 20.0. The topological polar surface area (TPSA) is 275 Å². The molecule has 4 atom stereocenters. The van der Waals surface area contributed by atoms with Crippen molar-refractivity contribution in [2.24, 2.45) is 7.05 Å². The molecule has 10 rings (SSSR count). The molecule has 4 bridgehead atoms. The second-order valence-corrected chi connectivity index (χ2v) is 20.0. The number of aliphatic hydroxyl groups excluding tert-OH is 2. The van der Waals surface area contributed by atoms with Gasteiger partial charge in [0.2, 0.25) is 23.5 Å². The number of ether oxygens (including phenoxy) is 4. The molecule has 0 spiro atoms. The van der Waals surface area contributed by atoms with Gasteiger partial charge in [0.05, 0.1) is 116 Å². The summed E-state index contributed by atoms with van der Waals surface area (Å²) in [5.74, 6) is 1.57. The van der Waals surface area contributed by atoms with Crippen molar-refractivity contribution in [1.29, 1.82) is 10.5 Å². The van der Waals surface area contributed by atoms with Gasteiger partial charge in [0.15, 0.2) is 13.2 Å². The van der Waals surface area contributed by atoms with E-state index in [0.29, 0.717) is 94.3 Å². The van der Waals surface area contributed by atoms with Crippen LogP contribution >= 0.6 is 0 Å². The van der Waals surface area contributed by atoms with Crippen molar-refractivity contribution in [1.82, 2.24) is 78.9 Å². The first kappa shape index (κ1) is 52.0. The molecule has 0 radical (unpaired) electrons. The summed E-state index contributed by atoms with van der Waals surface area (Å²) in [6.07, 6.45) is 8.62. The third-order valence-corrected chi connectivity index (χ3v) is 13.8. The number of hydrogen-bond acceptors (Lipinski definition) is 18. The predicted octanol–water partition coefficient (Wildman–Crippen LogP) is 5.47. The van der Waals surface area contributed by atoms with Crippen LogP contribution in [0.5, 0.6) is 23.5 Å². The van der Waals surface area contributed by atoms with E-state index in [-0.39, 0.29) is 51.0 Å². The van der Waals surface area contributed by atoms with E-state index in [1.807, 2.05) is 117 Å². The predicted molar refractivity (Wildman–Crippen MR) is 285 cm³/mol. The maximum Gasteiger partial charge on any atom is 0.241 e. The lowest BCUT2D eigenvalue weighted by atomic mass is 10.1. The highest BCUT2D eigenvalue weighted by atomic mass is 16.5. The number of nitrogens with one attached hydrogen (secondary N) is 1. The number of fused-ring (bicyclic) bond motifs is 8. The van der Waals surface area contributed by atoms with Gasteiger partial charge >= 0.3 is 0 Å². The molecule has 10 heterocycles. The zero-order valence-corrected chi connectivity index (χ0v) is 44.8. The fraction of sp³-hybridized carbons (Fsp3) is 0.434. The first-order valence-electron chi connectivity index (χ1n) is 25.4. The molecule has 0 aromatic carbocycles. The van der Waals surface area contributed by atoms with Crippen molar-refractivity contribution in [3.05, 3.63) is 69.3 Å². The molecule has 8 aromatic heterocycles. The molecule has 0 amide bonds. The Morgan fingerprint density at radius 1 is 0.701 bits per heavy atom. The quantitative estimate of drug-likeness (QED) is 0.153. The number of nitrogens with zero attached hydrogens (tertiary/aromatic N) is 17. The summed E-state index contributed by atoms with van der Waals surface area (Å²) >= 11 is 0. The third kappa shape index (κ3) is 9.87. The van der Waals surface area contributed by atoms with Crippen LogP contribution in [-0.4, -0.2) is 155 Å². The molecule has 2 aliphatic rings. The summed E-state index contributed by atoms with van der Waals surface area (Å²) in [4.78, 5) is 14.4. The summed E-state index contributed by atoms with van der Waals surface area (Å²) in [7, 11) is 5.84. The average molecular weight is 1050 g/mol. The lowest BCUT2D eigenvalue weighted by Gasteiger charge is -2.24. The molecule has 77 heavy (non-hydrogen) atoms. The smallest absolute Gasteiger partial charge is 0.241 e. The Morgan fingerprint density at radius 2 is 1.26 bits per heavy atom. The second kappa shape index (κ2) is 21.3. The average Bonchev–Trinajstić information content (AvgIpc) is 4.24. The Kier molecular flexibility index (Phi) is 14.4. The molecule has 24 nitrogen and oxygen atoms in total. The zero-order chi connectivity index (χ0) is 54.4. The highest BCUT2D eigenvalue weighted by Gasteiger charge is 2.30. The first-order chi connectivity index (χ1) is 37.1. The van der Waals surface area contributed by atoms with E-state index in [1.54, 1.807) is 24.9 Å². The number of likely N-dealkylation sites (N-methyl/N-ethyl adjacent to an activating group) is 2. The minimum Gasteiger partial charge on any atom is -0.473 e. The van der Waals surface area contributed by atoms with Crippen molar-refractivity contribution < 1.29 is 29.2 Å². The molecule has 0 fully saturated rings. The van der Waals surface area contributed by atoms with Gasteiger partial charge in [0, 0.05) is 44.0 Å². The molecule has 24 heteroatoms. The van der Waals surface area contributed by atoms with Crippen molar-refractivity contribution >= 4 is 46.1 Å². The van der Waals surface area contributed by atoms with E-state index in [2.05, 4.69) is 26.1 Å². The number of pyridine rings is 2. The number of hydrogen-bond donors (Lipinski definition) is 3. The van der Waals surface area contributed by atoms with Crippen LogP contribution in [0, 0.1) is 43.4 Å². The molecule has 400 valence electrons. The van der Waals surface area contributed by atoms with E-state index < -0.39 is 18.2 Å². The van der Waals surface area contributed by atoms with Crippen LogP contribution in [0.1, 0.15) is 90.8 Å². The number of nitriles is 2. The highest BCUT2D eigenvalue weighted by Crippen LogP contribution is 2.40. The summed E-state index contributed by atoms with van der Waals surface area (Å²) < 4.78 is 34.6. The number of H-pyrrole nitrogens is 1. The van der Waals surface area contributed by atoms with Gasteiger partial charge in [-0.15, -0.1) is 10.2 Å². The largest absolute Gasteiger partial charge is 0.473 e. The fourth-order valence-electron chi connectivity index (χ4n) is 10.4. The van der Waals surface area contributed by atoms with Crippen molar-refractivity contribution in [3.63, 3.8) is 0 Å². The third-order valence-electron chi connectivity index (χ3n) is 13.8. The normalized spacial score (nSPS) is 17.8. The Balaban J connectivity index is 1.13. The van der Waals surface area contributed by atoms with Crippen LogP contribution in [0.4, 0.5) is 0 Å². The lowest BCUT2D eigenvalue weighted by molar-refractivity contribution is 0.142. The SMILES string of the molecule is Cc1nn(C)c2c1-c1cc3c(nn(Cn4nc(C)c5c4O[C@@H](C)CN(C)Cc4c(c(OCC#N)nn4[C@@H](C)CO)/C=C/c4n[nH]c6cnc-5cc46)c3c(C)n1)/C=C/c1c(OCC#N)nn([C@@H](C)CO)c1CN(C)C[C@H](C)O2. The van der Waals surface area contributed by atoms with Gasteiger partial charge in [0.25, 0.3) is 0 Å². The number of aromatic amines is 1. The molecule has 2 aliphatic heterocycles. The molecule has 0 saturated heterocycles. The molecule has 0 aliphatic carbocycles. The van der Waals surface area contributed by atoms with Gasteiger partial charge in [-0.1, -0.05) is 0 Å². The van der Waals surface area contributed by atoms with Gasteiger partial charge in [-0.05, 0) is 99.0 Å². The van der Waals surface area contributed by atoms with E-state index in [4.69, 9.17) is 54.4 Å². The molecular weight excluding hydrogens is 985 g/mol. The Hall–Kier alpha value is -8.42. The molecule has 8 aromatic rings. The van der Waals surface area contributed by atoms with Gasteiger partial charge in [0.1, 0.15) is 31.0 Å². The molecule has 3 N–H and O–H groups in total. The van der Waals surface area contributed by atoms with Gasteiger partial charge in [-0.3, -0.25) is 34.2 Å². The maximum absolute atomic E-state index is 10.4. The number of aryl methyl sites for hydroxylation is 4. The van der Waals surface area contributed by atoms with Gasteiger partial charge < -0.3 is 29.2 Å². The van der Waals surface area contributed by atoms with Gasteiger partial charge in [-0.2, -0.15) is 30.9 Å². The van der Waals surface area contributed by atoms with E-state index in [1.165, 1.54) is 0 Å². The summed E-state index contributed by atoms with van der Waals surface area (Å²) in [5.41, 5.74) is 10.4. The monoisotopic (exact) mass is 1050 g/mol. The van der Waals surface area contributed by atoms with Crippen molar-refractivity contribution in [3.8, 4) is 58.2 Å². The molecular formula is C53H62N18O6. The van der Waals surface area contributed by atoms with E-state index in [9.17, 15) is 20.7 Å². The lowest BCUT2D eigenvalue weighted by Crippen LogP contribution is -2.32. The van der Waals surface area contributed by atoms with Crippen LogP contribution in [0.25, 0.3) is 68.6 Å². The Bertz CT molecular complexity index is 3670. The molecule has 0 unspecified atom stereocenters. The van der Waals surface area contributed by atoms with E-state index >= 15 is 0 Å². The summed E-state index contributed by atoms with van der Waals surface area (Å²) in [6, 6.07) is 7.29. The van der Waals surface area contributed by atoms with Crippen molar-refractivity contribution in [2.75, 3.05) is 53.6 Å². The van der Waals surface area contributed by atoms with Crippen molar-refractivity contribution in [2.45, 2.75) is 92.5 Å². The maximum atomic E-state index is 10.4. The van der Waals surface area contributed by atoms with Crippen LogP contribution in [0.3, 0.4) is 0 Å². The van der Waals surface area contributed by atoms with E-state index in [0.717, 1.165) is 38.9 Å². The minimum atomic E-state index is -0.417. The number of aromatic nitrogens is 14. The van der Waals surface area contributed by atoms with Gasteiger partial charge in [-0.25, -0.2) is 14.0 Å². The van der Waals surface area contributed by atoms with Crippen LogP contribution in [0.2, 0.25) is 0 Å². The molecule has 0 saturated carbocycles. The fourth-order valence-corrected chi connectivity index (χ4v) is 10.4. The number of rotatable bonds is 10. The van der Waals surface area contributed by atoms with Crippen LogP contribution in [0.15, 0.2) is 18.3 Å². The first-order valence-corrected chi connectivity index (χ1v) is 25.4. The zero-order valence-electron chi connectivity index (χ0n) is 44.8. The van der Waals surface area contributed by atoms with Crippen LogP contribution in [-0.2, 0) is 26.8 Å². The summed E-state index contributed by atoms with van der Waals surface area (Å²) in [5, 5.41) is 74.0. The minimum absolute atomic E-state index is 0.0935.